The Morgan fingerprint density at radius 3 is 2.27 bits per heavy atom. The Morgan fingerprint density at radius 2 is 1.53 bits per heavy atom. The normalized spacial score (nSPS) is 12.7. The summed E-state index contributed by atoms with van der Waals surface area (Å²) in [5.41, 5.74) is 8.40. The molecule has 0 amide bonds. The van der Waals surface area contributed by atoms with Crippen LogP contribution in [0.5, 0.6) is 0 Å². The molecule has 4 aromatic carbocycles. The molecule has 1 aliphatic heterocycles. The van der Waals surface area contributed by atoms with E-state index < -0.39 is 0 Å². The standard InChI is InChI=1S/C27H23N3/c1-18(2)19-11-13-22(14-12-19)29-17-30-26-16-21-8-5-4-7-20(21)15-25(26)28(3)23-9-6-10-24(29)27(23)30/h4-16,18H,1-3H3. The van der Waals surface area contributed by atoms with Crippen LogP contribution in [-0.4, -0.2) is 11.6 Å². The number of aromatic nitrogens is 2. The first-order chi connectivity index (χ1) is 14.6. The molecule has 0 atom stereocenters. The predicted molar refractivity (Wildman–Crippen MR) is 123 cm³/mol. The monoisotopic (exact) mass is 389 g/mol. The molecule has 0 spiro atoms. The molecule has 146 valence electrons. The highest BCUT2D eigenvalue weighted by molar-refractivity contribution is 5.97. The zero-order chi connectivity index (χ0) is 20.4. The fourth-order valence-corrected chi connectivity index (χ4v) is 4.58. The van der Waals surface area contributed by atoms with E-state index in [0.717, 1.165) is 16.9 Å². The third-order valence-electron chi connectivity index (χ3n) is 6.28. The minimum absolute atomic E-state index is 0.525. The van der Waals surface area contributed by atoms with Gasteiger partial charge < -0.3 is 4.90 Å². The number of nitrogens with zero attached hydrogens (tertiary/aromatic N) is 3. The number of para-hydroxylation sites is 1. The van der Waals surface area contributed by atoms with Crippen molar-refractivity contribution in [2.24, 2.45) is 0 Å². The van der Waals surface area contributed by atoms with E-state index in [0.29, 0.717) is 5.92 Å². The molecule has 0 aliphatic carbocycles. The van der Waals surface area contributed by atoms with Gasteiger partial charge in [0.05, 0.1) is 22.6 Å². The lowest BCUT2D eigenvalue weighted by molar-refractivity contribution is -0.572. The molecule has 0 radical (unpaired) electrons. The Bertz CT molecular complexity index is 1420. The summed E-state index contributed by atoms with van der Waals surface area (Å²) in [5.74, 6) is 0.525. The van der Waals surface area contributed by atoms with Crippen LogP contribution in [0.1, 0.15) is 25.3 Å². The van der Waals surface area contributed by atoms with Crippen molar-refractivity contribution in [2.75, 3.05) is 11.9 Å². The third-order valence-corrected chi connectivity index (χ3v) is 6.28. The second kappa shape index (κ2) is 6.20. The van der Waals surface area contributed by atoms with Crippen LogP contribution in [0.4, 0.5) is 11.4 Å². The lowest BCUT2D eigenvalue weighted by atomic mass is 10.0. The van der Waals surface area contributed by atoms with E-state index in [1.807, 2.05) is 0 Å². The van der Waals surface area contributed by atoms with Gasteiger partial charge in [0.1, 0.15) is 5.52 Å². The SMILES string of the molecule is CC(C)c1ccc(-n2[c-][n+]3c4c(cccc42)N(C)c2cc4ccccc4cc2-3)cc1. The Hall–Kier alpha value is -3.59. The molecule has 1 aliphatic rings. The summed E-state index contributed by atoms with van der Waals surface area (Å²) in [6, 6.07) is 28.5. The molecule has 0 N–H and O–H groups in total. The van der Waals surface area contributed by atoms with Crippen LogP contribution in [0, 0.1) is 6.33 Å². The molecular weight excluding hydrogens is 366 g/mol. The van der Waals surface area contributed by atoms with Crippen molar-refractivity contribution in [1.29, 1.82) is 0 Å². The number of hydrogen-bond acceptors (Lipinski definition) is 1. The summed E-state index contributed by atoms with van der Waals surface area (Å²) in [4.78, 5) is 2.30. The number of rotatable bonds is 2. The van der Waals surface area contributed by atoms with E-state index in [1.54, 1.807) is 0 Å². The van der Waals surface area contributed by atoms with Gasteiger partial charge in [-0.15, -0.1) is 0 Å². The van der Waals surface area contributed by atoms with Gasteiger partial charge in [-0.1, -0.05) is 62.4 Å². The van der Waals surface area contributed by atoms with Crippen molar-refractivity contribution in [2.45, 2.75) is 19.8 Å². The topological polar surface area (TPSA) is 12.0 Å². The second-order valence-corrected chi connectivity index (χ2v) is 8.41. The fraction of sp³-hybridized carbons (Fsp3) is 0.148. The van der Waals surface area contributed by atoms with Crippen LogP contribution in [0.15, 0.2) is 78.9 Å². The molecule has 1 aromatic heterocycles. The minimum atomic E-state index is 0.525. The number of benzene rings is 4. The van der Waals surface area contributed by atoms with Crippen molar-refractivity contribution < 1.29 is 4.57 Å². The summed E-state index contributed by atoms with van der Waals surface area (Å²) < 4.78 is 4.41. The minimum Gasteiger partial charge on any atom is -0.351 e. The van der Waals surface area contributed by atoms with E-state index in [2.05, 4.69) is 120 Å². The number of hydrogen-bond donors (Lipinski definition) is 0. The highest BCUT2D eigenvalue weighted by Gasteiger charge is 2.25. The number of anilines is 2. The largest absolute Gasteiger partial charge is 0.351 e. The first-order valence-electron chi connectivity index (χ1n) is 10.5. The maximum Gasteiger partial charge on any atom is 0.269 e. The molecular formula is C27H23N3. The van der Waals surface area contributed by atoms with Crippen LogP contribution in [0.25, 0.3) is 33.2 Å². The van der Waals surface area contributed by atoms with Gasteiger partial charge in [-0.3, -0.25) is 9.13 Å². The van der Waals surface area contributed by atoms with Crippen LogP contribution in [0.3, 0.4) is 0 Å². The van der Waals surface area contributed by atoms with Gasteiger partial charge >= 0.3 is 0 Å². The molecule has 5 aromatic rings. The van der Waals surface area contributed by atoms with Crippen molar-refractivity contribution in [3.63, 3.8) is 0 Å². The van der Waals surface area contributed by atoms with E-state index in [9.17, 15) is 0 Å². The van der Waals surface area contributed by atoms with Gasteiger partial charge in [0.25, 0.3) is 6.33 Å². The van der Waals surface area contributed by atoms with E-state index in [-0.39, 0.29) is 0 Å². The van der Waals surface area contributed by atoms with E-state index in [4.69, 9.17) is 0 Å². The Balaban J connectivity index is 1.64. The summed E-state index contributed by atoms with van der Waals surface area (Å²) in [7, 11) is 2.15. The molecule has 3 heteroatoms. The Kier molecular flexibility index (Phi) is 3.57. The fourth-order valence-electron chi connectivity index (χ4n) is 4.58. The van der Waals surface area contributed by atoms with Gasteiger partial charge in [-0.25, -0.2) is 0 Å². The molecule has 0 saturated carbocycles. The summed E-state index contributed by atoms with van der Waals surface area (Å²) in [5, 5.41) is 2.50. The molecule has 0 unspecified atom stereocenters. The molecule has 0 bridgehead atoms. The molecule has 0 fully saturated rings. The quantitative estimate of drug-likeness (QED) is 0.264. The van der Waals surface area contributed by atoms with Crippen molar-refractivity contribution in [3.8, 4) is 11.4 Å². The molecule has 30 heavy (non-hydrogen) atoms. The lowest BCUT2D eigenvalue weighted by Gasteiger charge is -2.29. The smallest absolute Gasteiger partial charge is 0.269 e. The van der Waals surface area contributed by atoms with Gasteiger partial charge in [0, 0.05) is 12.7 Å². The zero-order valence-electron chi connectivity index (χ0n) is 17.4. The van der Waals surface area contributed by atoms with Gasteiger partial charge in [-0.2, -0.15) is 0 Å². The maximum absolute atomic E-state index is 3.64. The maximum atomic E-state index is 3.64. The summed E-state index contributed by atoms with van der Waals surface area (Å²) in [6.07, 6.45) is 3.64. The number of fused-ring (bicyclic) bond motifs is 3. The first-order valence-corrected chi connectivity index (χ1v) is 10.5. The summed E-state index contributed by atoms with van der Waals surface area (Å²) >= 11 is 0. The Morgan fingerprint density at radius 1 is 0.800 bits per heavy atom. The zero-order valence-corrected chi connectivity index (χ0v) is 17.4. The average Bonchev–Trinajstić information content (AvgIpc) is 3.17. The van der Waals surface area contributed by atoms with Crippen molar-refractivity contribution >= 4 is 33.2 Å². The second-order valence-electron chi connectivity index (χ2n) is 8.41. The molecule has 3 nitrogen and oxygen atoms in total. The molecule has 0 saturated heterocycles. The van der Waals surface area contributed by atoms with Crippen LogP contribution in [0.2, 0.25) is 0 Å². The molecule has 2 heterocycles. The van der Waals surface area contributed by atoms with Gasteiger partial charge in [-0.05, 0) is 52.6 Å². The van der Waals surface area contributed by atoms with Crippen molar-refractivity contribution in [3.05, 3.63) is 90.8 Å². The Labute approximate surface area is 176 Å². The highest BCUT2D eigenvalue weighted by Crippen LogP contribution is 2.39. The predicted octanol–water partition coefficient (Wildman–Crippen LogP) is 6.07. The summed E-state index contributed by atoms with van der Waals surface area (Å²) in [6.45, 7) is 4.46. The average molecular weight is 390 g/mol. The van der Waals surface area contributed by atoms with E-state index >= 15 is 0 Å². The van der Waals surface area contributed by atoms with Crippen LogP contribution >= 0.6 is 0 Å². The van der Waals surface area contributed by atoms with Crippen molar-refractivity contribution in [1.82, 2.24) is 4.57 Å². The highest BCUT2D eigenvalue weighted by atomic mass is 15.2. The molecule has 6 rings (SSSR count). The van der Waals surface area contributed by atoms with Crippen LogP contribution in [-0.2, 0) is 0 Å². The van der Waals surface area contributed by atoms with E-state index in [1.165, 1.54) is 33.2 Å². The van der Waals surface area contributed by atoms with Gasteiger partial charge in [0.2, 0.25) is 0 Å². The van der Waals surface area contributed by atoms with Crippen LogP contribution < -0.4 is 9.47 Å². The van der Waals surface area contributed by atoms with Gasteiger partial charge in [0.15, 0.2) is 0 Å². The third kappa shape index (κ3) is 2.35. The first kappa shape index (κ1) is 17.3. The number of imidazole rings is 1. The lowest BCUT2D eigenvalue weighted by Crippen LogP contribution is -2.36.